The molecule has 0 aliphatic carbocycles. The highest BCUT2D eigenvalue weighted by Gasteiger charge is 2.16. The van der Waals surface area contributed by atoms with E-state index in [0.717, 1.165) is 22.2 Å². The van der Waals surface area contributed by atoms with Crippen molar-refractivity contribution in [3.05, 3.63) is 43.2 Å². The Labute approximate surface area is 123 Å². The van der Waals surface area contributed by atoms with Gasteiger partial charge in [0.1, 0.15) is 0 Å². The van der Waals surface area contributed by atoms with E-state index in [2.05, 4.69) is 34.2 Å². The Morgan fingerprint density at radius 3 is 2.89 bits per heavy atom. The van der Waals surface area contributed by atoms with Crippen LogP contribution in [0.15, 0.2) is 32.7 Å². The second-order valence-electron chi connectivity index (χ2n) is 3.97. The summed E-state index contributed by atoms with van der Waals surface area (Å²) < 4.78 is 0.982. The van der Waals surface area contributed by atoms with Crippen LogP contribution in [0.2, 0.25) is 0 Å². The number of rotatable bonds is 5. The molecule has 1 unspecified atom stereocenters. The van der Waals surface area contributed by atoms with Crippen LogP contribution in [0.25, 0.3) is 0 Å². The lowest BCUT2D eigenvalue weighted by molar-refractivity contribution is 0.0935. The van der Waals surface area contributed by atoms with Gasteiger partial charge in [-0.2, -0.15) is 0 Å². The number of amides is 1. The summed E-state index contributed by atoms with van der Waals surface area (Å²) in [4.78, 5) is 13.3. The number of carbonyl (C=O) groups excluding carboxylic acids is 1. The van der Waals surface area contributed by atoms with Crippen molar-refractivity contribution in [3.63, 3.8) is 0 Å². The molecule has 0 spiro atoms. The summed E-state index contributed by atoms with van der Waals surface area (Å²) in [7, 11) is 0. The Bertz CT molecular complexity index is 507. The van der Waals surface area contributed by atoms with Gasteiger partial charge in [-0.3, -0.25) is 4.79 Å². The van der Waals surface area contributed by atoms with E-state index in [-0.39, 0.29) is 11.9 Å². The van der Waals surface area contributed by atoms with Gasteiger partial charge in [-0.25, -0.2) is 0 Å². The van der Waals surface area contributed by atoms with Crippen molar-refractivity contribution in [2.24, 2.45) is 0 Å². The van der Waals surface area contributed by atoms with Gasteiger partial charge in [0, 0.05) is 10.3 Å². The van der Waals surface area contributed by atoms with E-state index in [4.69, 9.17) is 0 Å². The van der Waals surface area contributed by atoms with Gasteiger partial charge in [-0.1, -0.05) is 19.4 Å². The lowest BCUT2D eigenvalue weighted by Crippen LogP contribution is -2.27. The number of halogens is 1. The molecule has 96 valence electrons. The lowest BCUT2D eigenvalue weighted by Gasteiger charge is -2.16. The van der Waals surface area contributed by atoms with E-state index in [1.165, 1.54) is 16.2 Å². The molecule has 1 N–H and O–H groups in total. The second kappa shape index (κ2) is 6.50. The molecule has 5 heteroatoms. The SMILES string of the molecule is CCCC(NC(=O)c1csc(Br)c1)c1cccs1. The third kappa shape index (κ3) is 3.43. The van der Waals surface area contributed by atoms with E-state index in [9.17, 15) is 4.79 Å². The Morgan fingerprint density at radius 1 is 1.50 bits per heavy atom. The number of thiophene rings is 2. The van der Waals surface area contributed by atoms with Crippen molar-refractivity contribution in [1.82, 2.24) is 5.32 Å². The van der Waals surface area contributed by atoms with Crippen LogP contribution in [0.3, 0.4) is 0 Å². The largest absolute Gasteiger partial charge is 0.344 e. The molecule has 0 saturated heterocycles. The highest BCUT2D eigenvalue weighted by atomic mass is 79.9. The molecule has 0 aliphatic rings. The zero-order valence-electron chi connectivity index (χ0n) is 9.98. The van der Waals surface area contributed by atoms with Crippen molar-refractivity contribution in [3.8, 4) is 0 Å². The number of carbonyl (C=O) groups is 1. The Kier molecular flexibility index (Phi) is 4.97. The van der Waals surface area contributed by atoms with Crippen LogP contribution in [-0.4, -0.2) is 5.91 Å². The summed E-state index contributed by atoms with van der Waals surface area (Å²) in [6.45, 7) is 2.13. The summed E-state index contributed by atoms with van der Waals surface area (Å²) in [5.74, 6) is 0.00352. The van der Waals surface area contributed by atoms with Crippen LogP contribution in [0.5, 0.6) is 0 Å². The van der Waals surface area contributed by atoms with Crippen LogP contribution >= 0.6 is 38.6 Å². The predicted octanol–water partition coefficient (Wildman–Crippen LogP) is 4.84. The van der Waals surface area contributed by atoms with E-state index >= 15 is 0 Å². The van der Waals surface area contributed by atoms with Crippen molar-refractivity contribution < 1.29 is 4.79 Å². The van der Waals surface area contributed by atoms with Crippen LogP contribution in [0.4, 0.5) is 0 Å². The fourth-order valence-electron chi connectivity index (χ4n) is 1.73. The molecule has 2 heterocycles. The average Bonchev–Trinajstić information content (AvgIpc) is 2.98. The van der Waals surface area contributed by atoms with Crippen molar-refractivity contribution in [2.75, 3.05) is 0 Å². The Morgan fingerprint density at radius 2 is 2.33 bits per heavy atom. The first-order valence-electron chi connectivity index (χ1n) is 5.79. The van der Waals surface area contributed by atoms with Gasteiger partial charge in [-0.15, -0.1) is 22.7 Å². The molecule has 0 bridgehead atoms. The quantitative estimate of drug-likeness (QED) is 0.826. The molecule has 18 heavy (non-hydrogen) atoms. The number of nitrogens with one attached hydrogen (secondary N) is 1. The first kappa shape index (κ1) is 13.8. The average molecular weight is 344 g/mol. The zero-order valence-corrected chi connectivity index (χ0v) is 13.2. The third-order valence-corrected chi connectivity index (χ3v) is 5.09. The molecule has 0 aliphatic heterocycles. The normalized spacial score (nSPS) is 12.3. The molecule has 2 aromatic rings. The molecular weight excluding hydrogens is 330 g/mol. The van der Waals surface area contributed by atoms with E-state index in [1.807, 2.05) is 22.9 Å². The fourth-order valence-corrected chi connectivity index (χ4v) is 3.68. The highest BCUT2D eigenvalue weighted by Crippen LogP contribution is 2.25. The van der Waals surface area contributed by atoms with Crippen LogP contribution in [0.1, 0.15) is 41.0 Å². The third-order valence-electron chi connectivity index (χ3n) is 2.60. The maximum atomic E-state index is 12.1. The molecule has 0 fully saturated rings. The van der Waals surface area contributed by atoms with Crippen molar-refractivity contribution in [1.29, 1.82) is 0 Å². The van der Waals surface area contributed by atoms with Gasteiger partial charge in [-0.05, 0) is 39.9 Å². The summed E-state index contributed by atoms with van der Waals surface area (Å²) >= 11 is 6.60. The van der Waals surface area contributed by atoms with Crippen molar-refractivity contribution in [2.45, 2.75) is 25.8 Å². The zero-order chi connectivity index (χ0) is 13.0. The first-order valence-corrected chi connectivity index (χ1v) is 8.34. The minimum Gasteiger partial charge on any atom is -0.344 e. The van der Waals surface area contributed by atoms with Gasteiger partial charge in [0.25, 0.3) is 5.91 Å². The molecule has 1 atom stereocenters. The van der Waals surface area contributed by atoms with E-state index in [0.29, 0.717) is 0 Å². The summed E-state index contributed by atoms with van der Waals surface area (Å²) in [6.07, 6.45) is 2.02. The van der Waals surface area contributed by atoms with Gasteiger partial charge < -0.3 is 5.32 Å². The van der Waals surface area contributed by atoms with Crippen LogP contribution in [-0.2, 0) is 0 Å². The van der Waals surface area contributed by atoms with Gasteiger partial charge in [0.05, 0.1) is 15.4 Å². The standard InChI is InChI=1S/C13H14BrNOS2/c1-2-4-10(11-5-3-6-17-11)15-13(16)9-7-12(14)18-8-9/h3,5-8,10H,2,4H2,1H3,(H,15,16). The first-order chi connectivity index (χ1) is 8.70. The number of hydrogen-bond acceptors (Lipinski definition) is 3. The maximum Gasteiger partial charge on any atom is 0.252 e. The van der Waals surface area contributed by atoms with Gasteiger partial charge in [0.15, 0.2) is 0 Å². The van der Waals surface area contributed by atoms with Gasteiger partial charge in [0.2, 0.25) is 0 Å². The maximum absolute atomic E-state index is 12.1. The van der Waals surface area contributed by atoms with Crippen LogP contribution in [0, 0.1) is 0 Å². The summed E-state index contributed by atoms with van der Waals surface area (Å²) in [5.41, 5.74) is 0.726. The van der Waals surface area contributed by atoms with Gasteiger partial charge >= 0.3 is 0 Å². The molecule has 0 radical (unpaired) electrons. The summed E-state index contributed by atoms with van der Waals surface area (Å²) in [5, 5.41) is 7.03. The van der Waals surface area contributed by atoms with Crippen LogP contribution < -0.4 is 5.32 Å². The van der Waals surface area contributed by atoms with E-state index in [1.54, 1.807) is 11.3 Å². The lowest BCUT2D eigenvalue weighted by atomic mass is 10.1. The van der Waals surface area contributed by atoms with Crippen molar-refractivity contribution >= 4 is 44.5 Å². The number of hydrogen-bond donors (Lipinski definition) is 1. The molecule has 0 saturated carbocycles. The molecule has 0 aromatic carbocycles. The smallest absolute Gasteiger partial charge is 0.252 e. The monoisotopic (exact) mass is 343 g/mol. The Balaban J connectivity index is 2.07. The highest BCUT2D eigenvalue weighted by molar-refractivity contribution is 9.11. The Hall–Kier alpha value is -0.650. The second-order valence-corrected chi connectivity index (χ2v) is 7.24. The molecular formula is C13H14BrNOS2. The fraction of sp³-hybridized carbons (Fsp3) is 0.308. The molecule has 1 amide bonds. The molecule has 2 nitrogen and oxygen atoms in total. The van der Waals surface area contributed by atoms with E-state index < -0.39 is 0 Å². The topological polar surface area (TPSA) is 29.1 Å². The summed E-state index contributed by atoms with van der Waals surface area (Å²) in [6, 6.07) is 6.09. The molecule has 2 aromatic heterocycles. The molecule has 2 rings (SSSR count). The minimum atomic E-state index is 0.00352. The minimum absolute atomic E-state index is 0.00352. The predicted molar refractivity (Wildman–Crippen MR) is 81.5 cm³/mol.